The van der Waals surface area contributed by atoms with Crippen LogP contribution in [-0.4, -0.2) is 37.2 Å². The molecule has 3 nitrogen and oxygen atoms in total. The summed E-state index contributed by atoms with van der Waals surface area (Å²) in [4.78, 5) is 2.65. The topological polar surface area (TPSA) is 24.5 Å². The summed E-state index contributed by atoms with van der Waals surface area (Å²) in [5.41, 5.74) is 1.32. The number of benzene rings is 1. The standard InChI is InChI=1S/C16H24N2O/c1-12(13-5-3-6-14(11-13)19-2)17-15-8-10-18-9-4-7-16(15)18/h3,5-6,11-12,15-17H,4,7-10H2,1-2H3/t12-,15?,16?/m0/s1. The van der Waals surface area contributed by atoms with E-state index in [0.717, 1.165) is 11.8 Å². The fourth-order valence-corrected chi connectivity index (χ4v) is 3.61. The molecular formula is C16H24N2O. The van der Waals surface area contributed by atoms with Gasteiger partial charge in [0.2, 0.25) is 0 Å². The molecule has 2 aliphatic heterocycles. The first kappa shape index (κ1) is 12.9. The molecule has 0 amide bonds. The van der Waals surface area contributed by atoms with E-state index in [2.05, 4.69) is 35.3 Å². The Morgan fingerprint density at radius 1 is 1.32 bits per heavy atom. The van der Waals surface area contributed by atoms with Crippen LogP contribution < -0.4 is 10.1 Å². The minimum Gasteiger partial charge on any atom is -0.497 e. The zero-order valence-corrected chi connectivity index (χ0v) is 11.9. The number of hydrogen-bond acceptors (Lipinski definition) is 3. The molecule has 0 aromatic heterocycles. The SMILES string of the molecule is COc1cccc([C@H](C)NC2CCN3CCCC23)c1. The monoisotopic (exact) mass is 260 g/mol. The maximum Gasteiger partial charge on any atom is 0.119 e. The zero-order chi connectivity index (χ0) is 13.2. The average Bonchev–Trinajstić information content (AvgIpc) is 3.04. The molecule has 2 fully saturated rings. The van der Waals surface area contributed by atoms with Crippen LogP contribution in [-0.2, 0) is 0 Å². The van der Waals surface area contributed by atoms with Crippen molar-refractivity contribution in [3.63, 3.8) is 0 Å². The van der Waals surface area contributed by atoms with Gasteiger partial charge in [-0.25, -0.2) is 0 Å². The minimum absolute atomic E-state index is 0.389. The van der Waals surface area contributed by atoms with E-state index in [1.54, 1.807) is 7.11 Å². The fourth-order valence-electron chi connectivity index (χ4n) is 3.61. The Morgan fingerprint density at radius 2 is 2.21 bits per heavy atom. The van der Waals surface area contributed by atoms with E-state index in [-0.39, 0.29) is 0 Å². The Balaban J connectivity index is 1.65. The van der Waals surface area contributed by atoms with Gasteiger partial charge in [0.1, 0.15) is 5.75 Å². The van der Waals surface area contributed by atoms with Gasteiger partial charge in [-0.1, -0.05) is 12.1 Å². The summed E-state index contributed by atoms with van der Waals surface area (Å²) in [7, 11) is 1.73. The highest BCUT2D eigenvalue weighted by atomic mass is 16.5. The molecule has 0 aliphatic carbocycles. The van der Waals surface area contributed by atoms with E-state index in [9.17, 15) is 0 Å². The molecule has 3 rings (SSSR count). The van der Waals surface area contributed by atoms with Crippen LogP contribution in [0.1, 0.15) is 37.8 Å². The minimum atomic E-state index is 0.389. The Labute approximate surface area is 115 Å². The molecule has 1 N–H and O–H groups in total. The average molecular weight is 260 g/mol. The third-order valence-corrected chi connectivity index (χ3v) is 4.66. The van der Waals surface area contributed by atoms with E-state index in [4.69, 9.17) is 4.74 Å². The first-order valence-electron chi connectivity index (χ1n) is 7.42. The van der Waals surface area contributed by atoms with Gasteiger partial charge in [-0.15, -0.1) is 0 Å². The molecule has 0 saturated carbocycles. The van der Waals surface area contributed by atoms with Crippen molar-refractivity contribution in [1.82, 2.24) is 10.2 Å². The van der Waals surface area contributed by atoms with Crippen molar-refractivity contribution < 1.29 is 4.74 Å². The Hall–Kier alpha value is -1.06. The van der Waals surface area contributed by atoms with Gasteiger partial charge in [-0.3, -0.25) is 4.90 Å². The van der Waals surface area contributed by atoms with Crippen molar-refractivity contribution in [2.75, 3.05) is 20.2 Å². The van der Waals surface area contributed by atoms with E-state index >= 15 is 0 Å². The quantitative estimate of drug-likeness (QED) is 0.900. The molecule has 0 radical (unpaired) electrons. The van der Waals surface area contributed by atoms with Gasteiger partial charge in [0.15, 0.2) is 0 Å². The molecule has 1 aromatic carbocycles. The second-order valence-electron chi connectivity index (χ2n) is 5.81. The molecule has 104 valence electrons. The molecule has 3 atom stereocenters. The molecule has 1 aromatic rings. The lowest BCUT2D eigenvalue weighted by Gasteiger charge is -2.25. The van der Waals surface area contributed by atoms with Crippen LogP contribution in [0.4, 0.5) is 0 Å². The third kappa shape index (κ3) is 2.63. The van der Waals surface area contributed by atoms with Gasteiger partial charge in [0.05, 0.1) is 7.11 Å². The van der Waals surface area contributed by atoms with Crippen molar-refractivity contribution in [3.05, 3.63) is 29.8 Å². The lowest BCUT2D eigenvalue weighted by Crippen LogP contribution is -2.40. The number of methoxy groups -OCH3 is 1. The van der Waals surface area contributed by atoms with Crippen LogP contribution in [0.25, 0.3) is 0 Å². The zero-order valence-electron chi connectivity index (χ0n) is 11.9. The van der Waals surface area contributed by atoms with Crippen LogP contribution in [0, 0.1) is 0 Å². The summed E-state index contributed by atoms with van der Waals surface area (Å²) >= 11 is 0. The second-order valence-corrected chi connectivity index (χ2v) is 5.81. The Kier molecular flexibility index (Phi) is 3.76. The lowest BCUT2D eigenvalue weighted by molar-refractivity contribution is 0.291. The molecule has 2 aliphatic rings. The van der Waals surface area contributed by atoms with Gasteiger partial charge in [-0.2, -0.15) is 0 Å². The molecule has 2 heterocycles. The number of nitrogens with one attached hydrogen (secondary N) is 1. The van der Waals surface area contributed by atoms with Crippen LogP contribution in [0.3, 0.4) is 0 Å². The molecule has 0 bridgehead atoms. The van der Waals surface area contributed by atoms with Crippen molar-refractivity contribution in [2.45, 2.75) is 44.3 Å². The molecule has 19 heavy (non-hydrogen) atoms. The van der Waals surface area contributed by atoms with E-state index in [1.807, 2.05) is 6.07 Å². The summed E-state index contributed by atoms with van der Waals surface area (Å²) in [6, 6.07) is 10.2. The number of rotatable bonds is 4. The molecule has 2 unspecified atom stereocenters. The fraction of sp³-hybridized carbons (Fsp3) is 0.625. The van der Waals surface area contributed by atoms with Crippen molar-refractivity contribution in [3.8, 4) is 5.75 Å². The first-order valence-corrected chi connectivity index (χ1v) is 7.42. The summed E-state index contributed by atoms with van der Waals surface area (Å²) in [6.07, 6.45) is 4.03. The summed E-state index contributed by atoms with van der Waals surface area (Å²) in [6.45, 7) is 4.83. The largest absolute Gasteiger partial charge is 0.497 e. The van der Waals surface area contributed by atoms with Crippen molar-refractivity contribution in [2.24, 2.45) is 0 Å². The number of hydrogen-bond donors (Lipinski definition) is 1. The Morgan fingerprint density at radius 3 is 3.05 bits per heavy atom. The number of nitrogens with zero attached hydrogens (tertiary/aromatic N) is 1. The van der Waals surface area contributed by atoms with Crippen molar-refractivity contribution >= 4 is 0 Å². The van der Waals surface area contributed by atoms with Gasteiger partial charge < -0.3 is 10.1 Å². The molecule has 2 saturated heterocycles. The summed E-state index contributed by atoms with van der Waals surface area (Å²) < 4.78 is 5.31. The lowest BCUT2D eigenvalue weighted by atomic mass is 10.0. The maximum atomic E-state index is 5.31. The third-order valence-electron chi connectivity index (χ3n) is 4.66. The molecule has 3 heteroatoms. The predicted molar refractivity (Wildman–Crippen MR) is 77.5 cm³/mol. The molecule has 0 spiro atoms. The van der Waals surface area contributed by atoms with Gasteiger partial charge in [-0.05, 0) is 50.4 Å². The highest BCUT2D eigenvalue weighted by molar-refractivity contribution is 5.30. The van der Waals surface area contributed by atoms with E-state index in [1.165, 1.54) is 37.9 Å². The highest BCUT2D eigenvalue weighted by Gasteiger charge is 2.37. The van der Waals surface area contributed by atoms with Gasteiger partial charge in [0, 0.05) is 24.7 Å². The van der Waals surface area contributed by atoms with Crippen LogP contribution in [0.5, 0.6) is 5.75 Å². The van der Waals surface area contributed by atoms with E-state index < -0.39 is 0 Å². The Bertz CT molecular complexity index is 435. The smallest absolute Gasteiger partial charge is 0.119 e. The normalized spacial score (nSPS) is 28.3. The summed E-state index contributed by atoms with van der Waals surface area (Å²) in [5.74, 6) is 0.945. The van der Waals surface area contributed by atoms with Gasteiger partial charge in [0.25, 0.3) is 0 Å². The second kappa shape index (κ2) is 5.51. The number of ether oxygens (including phenoxy) is 1. The van der Waals surface area contributed by atoms with Crippen LogP contribution in [0.15, 0.2) is 24.3 Å². The van der Waals surface area contributed by atoms with Gasteiger partial charge >= 0.3 is 0 Å². The number of fused-ring (bicyclic) bond motifs is 1. The van der Waals surface area contributed by atoms with E-state index in [0.29, 0.717) is 12.1 Å². The predicted octanol–water partition coefficient (Wildman–Crippen LogP) is 2.58. The first-order chi connectivity index (χ1) is 9.28. The maximum absolute atomic E-state index is 5.31. The van der Waals surface area contributed by atoms with Crippen LogP contribution in [0.2, 0.25) is 0 Å². The van der Waals surface area contributed by atoms with Crippen molar-refractivity contribution in [1.29, 1.82) is 0 Å². The summed E-state index contributed by atoms with van der Waals surface area (Å²) in [5, 5.41) is 3.82. The van der Waals surface area contributed by atoms with Crippen LogP contribution >= 0.6 is 0 Å². The highest BCUT2D eigenvalue weighted by Crippen LogP contribution is 2.30. The molecular weight excluding hydrogens is 236 g/mol.